The van der Waals surface area contributed by atoms with Crippen molar-refractivity contribution in [2.24, 2.45) is 0 Å². The lowest BCUT2D eigenvalue weighted by Gasteiger charge is -2.25. The van der Waals surface area contributed by atoms with Crippen molar-refractivity contribution >= 4 is 21.8 Å². The second-order valence-corrected chi connectivity index (χ2v) is 4.46. The van der Waals surface area contributed by atoms with Gasteiger partial charge in [-0.05, 0) is 26.8 Å². The zero-order valence-corrected chi connectivity index (χ0v) is 10.9. The van der Waals surface area contributed by atoms with Crippen molar-refractivity contribution in [1.29, 1.82) is 0 Å². The first-order valence-corrected chi connectivity index (χ1v) is 6.11. The Morgan fingerprint density at radius 1 is 1.60 bits per heavy atom. The van der Waals surface area contributed by atoms with E-state index in [0.717, 1.165) is 5.33 Å². The number of carbonyl (C=O) groups excluding carboxylic acids is 1. The highest BCUT2D eigenvalue weighted by Crippen LogP contribution is 2.14. The molecule has 0 aromatic carbocycles. The topological polar surface area (TPSA) is 33.5 Å². The number of alkyl halides is 1. The molecule has 0 unspecified atom stereocenters. The van der Waals surface area contributed by atoms with Gasteiger partial charge in [-0.1, -0.05) is 15.9 Å². The maximum Gasteiger partial charge on any atom is 0.257 e. The quantitative estimate of drug-likeness (QED) is 0.791. The minimum Gasteiger partial charge on any atom is -0.469 e. The molecule has 0 radical (unpaired) electrons. The Morgan fingerprint density at radius 2 is 2.27 bits per heavy atom. The molecule has 0 fully saturated rings. The average molecular weight is 274 g/mol. The van der Waals surface area contributed by atoms with Crippen LogP contribution < -0.4 is 0 Å². The fourth-order valence-electron chi connectivity index (χ4n) is 1.45. The van der Waals surface area contributed by atoms with Crippen LogP contribution in [0.1, 0.15) is 30.0 Å². The third-order valence-electron chi connectivity index (χ3n) is 2.30. The van der Waals surface area contributed by atoms with E-state index in [1.54, 1.807) is 19.3 Å². The van der Waals surface area contributed by atoms with Gasteiger partial charge in [-0.3, -0.25) is 4.79 Å². The van der Waals surface area contributed by atoms with Crippen molar-refractivity contribution in [2.45, 2.75) is 26.8 Å². The van der Waals surface area contributed by atoms with Crippen LogP contribution in [-0.4, -0.2) is 28.7 Å². The van der Waals surface area contributed by atoms with Crippen LogP contribution in [0.4, 0.5) is 0 Å². The number of hydrogen-bond acceptors (Lipinski definition) is 2. The van der Waals surface area contributed by atoms with Gasteiger partial charge >= 0.3 is 0 Å². The van der Waals surface area contributed by atoms with Gasteiger partial charge in [-0.15, -0.1) is 0 Å². The van der Waals surface area contributed by atoms with E-state index in [-0.39, 0.29) is 11.9 Å². The van der Waals surface area contributed by atoms with Crippen LogP contribution in [-0.2, 0) is 0 Å². The molecule has 0 bridgehead atoms. The zero-order valence-electron chi connectivity index (χ0n) is 9.29. The molecule has 1 aromatic heterocycles. The van der Waals surface area contributed by atoms with Crippen molar-refractivity contribution in [3.63, 3.8) is 0 Å². The van der Waals surface area contributed by atoms with Gasteiger partial charge in [0.2, 0.25) is 0 Å². The summed E-state index contributed by atoms with van der Waals surface area (Å²) in [5, 5.41) is 0.786. The van der Waals surface area contributed by atoms with Crippen molar-refractivity contribution in [3.8, 4) is 0 Å². The molecule has 3 nitrogen and oxygen atoms in total. The highest BCUT2D eigenvalue weighted by molar-refractivity contribution is 9.09. The Morgan fingerprint density at radius 3 is 2.67 bits per heavy atom. The molecule has 0 atom stereocenters. The van der Waals surface area contributed by atoms with Gasteiger partial charge in [0.1, 0.15) is 5.76 Å². The number of nitrogens with zero attached hydrogens (tertiary/aromatic N) is 1. The lowest BCUT2D eigenvalue weighted by molar-refractivity contribution is 0.0717. The Balaban J connectivity index is 2.86. The predicted molar refractivity (Wildman–Crippen MR) is 63.4 cm³/mol. The maximum atomic E-state index is 12.1. The van der Waals surface area contributed by atoms with E-state index in [1.807, 2.05) is 18.7 Å². The summed E-state index contributed by atoms with van der Waals surface area (Å²) in [5.74, 6) is 0.718. The SMILES string of the molecule is Cc1occc1C(=O)N(CCBr)C(C)C. The third-order valence-corrected chi connectivity index (χ3v) is 2.65. The molecule has 0 aliphatic carbocycles. The number of rotatable bonds is 4. The molecule has 1 amide bonds. The third kappa shape index (κ3) is 2.84. The predicted octanol–water partition coefficient (Wildman–Crippen LogP) is 2.83. The zero-order chi connectivity index (χ0) is 11.4. The lowest BCUT2D eigenvalue weighted by atomic mass is 10.2. The first kappa shape index (κ1) is 12.3. The molecule has 84 valence electrons. The number of hydrogen-bond donors (Lipinski definition) is 0. The van der Waals surface area contributed by atoms with Crippen LogP contribution in [0.25, 0.3) is 0 Å². The van der Waals surface area contributed by atoms with Crippen LogP contribution in [0, 0.1) is 6.92 Å². The van der Waals surface area contributed by atoms with Gasteiger partial charge in [-0.2, -0.15) is 0 Å². The maximum absolute atomic E-state index is 12.1. The van der Waals surface area contributed by atoms with Crippen LogP contribution in [0.5, 0.6) is 0 Å². The number of furan rings is 1. The van der Waals surface area contributed by atoms with Crippen molar-refractivity contribution < 1.29 is 9.21 Å². The molecule has 0 saturated heterocycles. The molecule has 0 N–H and O–H groups in total. The monoisotopic (exact) mass is 273 g/mol. The molecular formula is C11H16BrNO2. The summed E-state index contributed by atoms with van der Waals surface area (Å²) in [7, 11) is 0. The lowest BCUT2D eigenvalue weighted by Crippen LogP contribution is -2.38. The smallest absolute Gasteiger partial charge is 0.257 e. The second kappa shape index (κ2) is 5.35. The second-order valence-electron chi connectivity index (χ2n) is 3.67. The normalized spacial score (nSPS) is 10.7. The van der Waals surface area contributed by atoms with Gasteiger partial charge in [0.15, 0.2) is 0 Å². The summed E-state index contributed by atoms with van der Waals surface area (Å²) >= 11 is 3.35. The molecule has 1 aromatic rings. The van der Waals surface area contributed by atoms with E-state index in [4.69, 9.17) is 4.42 Å². The fraction of sp³-hybridized carbons (Fsp3) is 0.545. The Kier molecular flexibility index (Phi) is 4.39. The van der Waals surface area contributed by atoms with Crippen LogP contribution in [0.3, 0.4) is 0 Å². The Bertz CT molecular complexity index is 333. The fourth-order valence-corrected chi connectivity index (χ4v) is 1.83. The van der Waals surface area contributed by atoms with Crippen LogP contribution >= 0.6 is 15.9 Å². The van der Waals surface area contributed by atoms with Crippen molar-refractivity contribution in [2.75, 3.05) is 11.9 Å². The summed E-state index contributed by atoms with van der Waals surface area (Å²) < 4.78 is 5.13. The summed E-state index contributed by atoms with van der Waals surface area (Å²) in [6, 6.07) is 1.92. The number of carbonyl (C=O) groups is 1. The summed E-state index contributed by atoms with van der Waals surface area (Å²) in [6.45, 7) is 6.53. The molecule has 15 heavy (non-hydrogen) atoms. The van der Waals surface area contributed by atoms with E-state index in [9.17, 15) is 4.79 Å². The first-order valence-electron chi connectivity index (χ1n) is 4.99. The molecule has 0 aliphatic rings. The molecule has 0 saturated carbocycles. The molecule has 4 heteroatoms. The number of halogens is 1. The summed E-state index contributed by atoms with van der Waals surface area (Å²) in [5.41, 5.74) is 0.657. The largest absolute Gasteiger partial charge is 0.469 e. The highest BCUT2D eigenvalue weighted by atomic mass is 79.9. The summed E-state index contributed by atoms with van der Waals surface area (Å²) in [6.07, 6.45) is 1.55. The Hall–Kier alpha value is -0.770. The van der Waals surface area contributed by atoms with Gasteiger partial charge in [-0.25, -0.2) is 0 Å². The minimum absolute atomic E-state index is 0.0377. The van der Waals surface area contributed by atoms with Gasteiger partial charge in [0.05, 0.1) is 11.8 Å². The van der Waals surface area contributed by atoms with E-state index >= 15 is 0 Å². The minimum atomic E-state index is 0.0377. The molecular weight excluding hydrogens is 258 g/mol. The number of aryl methyl sites for hydroxylation is 1. The van der Waals surface area contributed by atoms with Crippen LogP contribution in [0.2, 0.25) is 0 Å². The van der Waals surface area contributed by atoms with E-state index in [0.29, 0.717) is 17.9 Å². The van der Waals surface area contributed by atoms with Gasteiger partial charge in [0.25, 0.3) is 5.91 Å². The van der Waals surface area contributed by atoms with E-state index in [2.05, 4.69) is 15.9 Å². The highest BCUT2D eigenvalue weighted by Gasteiger charge is 2.20. The van der Waals surface area contributed by atoms with Gasteiger partial charge in [0, 0.05) is 17.9 Å². The van der Waals surface area contributed by atoms with Gasteiger partial charge < -0.3 is 9.32 Å². The molecule has 1 rings (SSSR count). The van der Waals surface area contributed by atoms with E-state index < -0.39 is 0 Å². The van der Waals surface area contributed by atoms with Crippen molar-refractivity contribution in [3.05, 3.63) is 23.7 Å². The van der Waals surface area contributed by atoms with Crippen LogP contribution in [0.15, 0.2) is 16.7 Å². The molecule has 0 aliphatic heterocycles. The Labute approximate surface area is 98.6 Å². The standard InChI is InChI=1S/C11H16BrNO2/c1-8(2)13(6-5-12)11(14)10-4-7-15-9(10)3/h4,7-8H,5-6H2,1-3H3. The average Bonchev–Trinajstić information content (AvgIpc) is 2.59. The number of amides is 1. The van der Waals surface area contributed by atoms with Crippen molar-refractivity contribution in [1.82, 2.24) is 4.90 Å². The molecule has 0 spiro atoms. The summed E-state index contributed by atoms with van der Waals surface area (Å²) in [4.78, 5) is 13.9. The molecule has 1 heterocycles. The van der Waals surface area contributed by atoms with E-state index in [1.165, 1.54) is 0 Å². The first-order chi connectivity index (χ1) is 7.07.